The second kappa shape index (κ2) is 9.29. The fraction of sp³-hybridized carbons (Fsp3) is 0. The van der Waals surface area contributed by atoms with Gasteiger partial charge >= 0.3 is 0 Å². The van der Waals surface area contributed by atoms with E-state index in [-0.39, 0.29) is 23.0 Å². The number of benzene rings is 4. The molecule has 0 saturated carbocycles. The quantitative estimate of drug-likeness (QED) is 0.214. The molecule has 0 heterocycles. The zero-order valence-corrected chi connectivity index (χ0v) is 17.4. The lowest BCUT2D eigenvalue weighted by molar-refractivity contribution is 0.360. The van der Waals surface area contributed by atoms with Gasteiger partial charge in [0.15, 0.2) is 23.3 Å². The van der Waals surface area contributed by atoms with Crippen LogP contribution >= 0.6 is 0 Å². The van der Waals surface area contributed by atoms with Crippen LogP contribution in [-0.4, -0.2) is 10.2 Å². The van der Waals surface area contributed by atoms with E-state index in [0.717, 1.165) is 48.5 Å². The van der Waals surface area contributed by atoms with E-state index in [9.17, 15) is 45.3 Å². The Kier molecular flexibility index (Phi) is 6.35. The summed E-state index contributed by atoms with van der Waals surface area (Å²) in [5.74, 6) is -23.3. The summed E-state index contributed by atoms with van der Waals surface area (Å²) in [6.07, 6.45) is 0. The van der Waals surface area contributed by atoms with Crippen LogP contribution in [0.3, 0.4) is 0 Å². The molecule has 4 aromatic rings. The Morgan fingerprint density at radius 3 is 0.889 bits per heavy atom. The van der Waals surface area contributed by atoms with Crippen LogP contribution in [0.25, 0.3) is 11.1 Å². The van der Waals surface area contributed by atoms with Gasteiger partial charge in [-0.15, -0.1) is 0 Å². The fourth-order valence-electron chi connectivity index (χ4n) is 3.11. The number of ether oxygens (including phenoxy) is 2. The van der Waals surface area contributed by atoms with Crippen LogP contribution in [0, 0.1) is 46.5 Å². The highest BCUT2D eigenvalue weighted by Crippen LogP contribution is 2.43. The van der Waals surface area contributed by atoms with E-state index >= 15 is 0 Å². The first-order valence-corrected chi connectivity index (χ1v) is 9.67. The molecule has 2 N–H and O–H groups in total. The molecule has 12 heteroatoms. The lowest BCUT2D eigenvalue weighted by atomic mass is 10.0. The average Bonchev–Trinajstić information content (AvgIpc) is 2.86. The monoisotopic (exact) mass is 514 g/mol. The lowest BCUT2D eigenvalue weighted by Crippen LogP contribution is -2.09. The number of hydrogen-bond donors (Lipinski definition) is 2. The minimum atomic E-state index is -2.41. The molecule has 4 nitrogen and oxygen atoms in total. The molecule has 0 aromatic heterocycles. The first-order valence-electron chi connectivity index (χ1n) is 9.67. The van der Waals surface area contributed by atoms with E-state index < -0.39 is 69.2 Å². The standard InChI is InChI=1S/C24H10F8O4/c25-15-13(16(26)20(30)23(19(15)29)35-11-5-1-9(33)2-6-11)14-17(27)21(31)24(22(32)18(14)28)36-12-7-3-10(34)4-8-12/h1-8,33-34H. The van der Waals surface area contributed by atoms with Crippen LogP contribution < -0.4 is 9.47 Å². The van der Waals surface area contributed by atoms with Crippen LogP contribution in [0.5, 0.6) is 34.5 Å². The van der Waals surface area contributed by atoms with Gasteiger partial charge in [-0.1, -0.05) is 0 Å². The zero-order valence-electron chi connectivity index (χ0n) is 17.4. The van der Waals surface area contributed by atoms with Crippen LogP contribution in [0.4, 0.5) is 35.1 Å². The molecule has 0 amide bonds. The van der Waals surface area contributed by atoms with E-state index in [1.54, 1.807) is 0 Å². The molecule has 0 unspecified atom stereocenters. The minimum absolute atomic E-state index is 0.274. The summed E-state index contributed by atoms with van der Waals surface area (Å²) in [5, 5.41) is 18.4. The smallest absolute Gasteiger partial charge is 0.205 e. The molecule has 186 valence electrons. The Morgan fingerprint density at radius 2 is 0.639 bits per heavy atom. The molecular formula is C24H10F8O4. The average molecular weight is 514 g/mol. The number of phenols is 2. The van der Waals surface area contributed by atoms with Crippen molar-refractivity contribution in [3.05, 3.63) is 95.1 Å². The molecule has 4 rings (SSSR count). The maximum Gasteiger partial charge on any atom is 0.205 e. The third-order valence-electron chi connectivity index (χ3n) is 4.81. The van der Waals surface area contributed by atoms with Crippen LogP contribution in [0.1, 0.15) is 0 Å². The Labute approximate surface area is 196 Å². The first-order chi connectivity index (χ1) is 17.0. The van der Waals surface area contributed by atoms with Crippen LogP contribution in [-0.2, 0) is 0 Å². The topological polar surface area (TPSA) is 58.9 Å². The van der Waals surface area contributed by atoms with Crippen molar-refractivity contribution in [2.24, 2.45) is 0 Å². The van der Waals surface area contributed by atoms with Crippen LogP contribution in [0.2, 0.25) is 0 Å². The zero-order chi connectivity index (χ0) is 26.3. The molecule has 4 aromatic carbocycles. The van der Waals surface area contributed by atoms with Crippen molar-refractivity contribution >= 4 is 0 Å². The lowest BCUT2D eigenvalue weighted by Gasteiger charge is -2.16. The highest BCUT2D eigenvalue weighted by molar-refractivity contribution is 5.69. The van der Waals surface area contributed by atoms with Gasteiger partial charge in [0, 0.05) is 0 Å². The molecule has 36 heavy (non-hydrogen) atoms. The summed E-state index contributed by atoms with van der Waals surface area (Å²) in [5.41, 5.74) is -4.15. The van der Waals surface area contributed by atoms with Crippen molar-refractivity contribution in [1.82, 2.24) is 0 Å². The van der Waals surface area contributed by atoms with Gasteiger partial charge in [-0.05, 0) is 48.5 Å². The Morgan fingerprint density at radius 1 is 0.389 bits per heavy atom. The second-order valence-electron chi connectivity index (χ2n) is 7.11. The van der Waals surface area contributed by atoms with Gasteiger partial charge in [0.05, 0.1) is 11.1 Å². The molecule has 0 atom stereocenters. The van der Waals surface area contributed by atoms with E-state index in [0.29, 0.717) is 0 Å². The number of rotatable bonds is 5. The van der Waals surface area contributed by atoms with E-state index in [2.05, 4.69) is 0 Å². The Bertz CT molecular complexity index is 1300. The van der Waals surface area contributed by atoms with Crippen molar-refractivity contribution in [2.75, 3.05) is 0 Å². The first kappa shape index (κ1) is 24.6. The van der Waals surface area contributed by atoms with Crippen LogP contribution in [0.15, 0.2) is 48.5 Å². The predicted molar refractivity (Wildman–Crippen MR) is 108 cm³/mol. The second-order valence-corrected chi connectivity index (χ2v) is 7.11. The van der Waals surface area contributed by atoms with E-state index in [1.807, 2.05) is 0 Å². The highest BCUT2D eigenvalue weighted by Gasteiger charge is 2.35. The fourth-order valence-corrected chi connectivity index (χ4v) is 3.11. The summed E-state index contributed by atoms with van der Waals surface area (Å²) >= 11 is 0. The number of halogens is 8. The molecule has 0 aliphatic rings. The van der Waals surface area contributed by atoms with Gasteiger partial charge < -0.3 is 19.7 Å². The predicted octanol–water partition coefficient (Wildman–Crippen LogP) is 7.46. The summed E-state index contributed by atoms with van der Waals surface area (Å²) in [7, 11) is 0. The highest BCUT2D eigenvalue weighted by atomic mass is 19.2. The van der Waals surface area contributed by atoms with E-state index in [1.165, 1.54) is 0 Å². The molecule has 0 bridgehead atoms. The van der Waals surface area contributed by atoms with Gasteiger partial charge in [0.1, 0.15) is 23.0 Å². The summed E-state index contributed by atoms with van der Waals surface area (Å²) in [6, 6.07) is 8.00. The summed E-state index contributed by atoms with van der Waals surface area (Å²) in [6.45, 7) is 0. The normalized spacial score (nSPS) is 11.0. The van der Waals surface area contributed by atoms with Gasteiger partial charge in [0.25, 0.3) is 0 Å². The minimum Gasteiger partial charge on any atom is -0.508 e. The van der Waals surface area contributed by atoms with Crippen molar-refractivity contribution in [1.29, 1.82) is 0 Å². The van der Waals surface area contributed by atoms with Crippen molar-refractivity contribution < 1.29 is 54.8 Å². The maximum absolute atomic E-state index is 14.7. The maximum atomic E-state index is 14.7. The number of hydrogen-bond acceptors (Lipinski definition) is 4. The molecule has 0 radical (unpaired) electrons. The third-order valence-corrected chi connectivity index (χ3v) is 4.81. The Balaban J connectivity index is 1.85. The van der Waals surface area contributed by atoms with E-state index in [4.69, 9.17) is 9.47 Å². The number of phenolic OH excluding ortho intramolecular Hbond substituents is 2. The largest absolute Gasteiger partial charge is 0.508 e. The van der Waals surface area contributed by atoms with Crippen molar-refractivity contribution in [3.63, 3.8) is 0 Å². The van der Waals surface area contributed by atoms with Gasteiger partial charge in [-0.3, -0.25) is 0 Å². The Hall–Kier alpha value is -4.48. The van der Waals surface area contributed by atoms with Gasteiger partial charge in [0.2, 0.25) is 34.8 Å². The molecule has 0 aliphatic heterocycles. The van der Waals surface area contributed by atoms with Crippen molar-refractivity contribution in [2.45, 2.75) is 0 Å². The molecule has 0 spiro atoms. The van der Waals surface area contributed by atoms with Gasteiger partial charge in [-0.2, -0.15) is 17.6 Å². The van der Waals surface area contributed by atoms with Crippen molar-refractivity contribution in [3.8, 4) is 45.6 Å². The SMILES string of the molecule is Oc1ccc(Oc2c(F)c(F)c(-c3c(F)c(F)c(Oc4ccc(O)cc4)c(F)c3F)c(F)c2F)cc1. The third kappa shape index (κ3) is 4.21. The molecular weight excluding hydrogens is 504 g/mol. The molecule has 0 saturated heterocycles. The molecule has 0 aliphatic carbocycles. The van der Waals surface area contributed by atoms with Gasteiger partial charge in [-0.25, -0.2) is 17.6 Å². The number of aromatic hydroxyl groups is 2. The summed E-state index contributed by atoms with van der Waals surface area (Å²) in [4.78, 5) is 0. The molecule has 0 fully saturated rings. The summed E-state index contributed by atoms with van der Waals surface area (Å²) < 4.78 is 127.